The summed E-state index contributed by atoms with van der Waals surface area (Å²) in [7, 11) is 2.06. The summed E-state index contributed by atoms with van der Waals surface area (Å²) < 4.78 is 0. The second-order valence-corrected chi connectivity index (χ2v) is 3.88. The Bertz CT molecular complexity index is 514. The third-order valence-corrected chi connectivity index (χ3v) is 2.75. The van der Waals surface area contributed by atoms with Crippen molar-refractivity contribution < 1.29 is 29.7 Å². The second-order valence-electron chi connectivity index (χ2n) is 3.88. The number of rotatable bonds is 2. The average molecular weight is 499 g/mol. The van der Waals surface area contributed by atoms with Crippen molar-refractivity contribution in [2.75, 3.05) is 22.7 Å². The van der Waals surface area contributed by atoms with E-state index < -0.39 is 0 Å². The van der Waals surface area contributed by atoms with Gasteiger partial charge in [-0.05, 0) is 24.3 Å². The summed E-state index contributed by atoms with van der Waals surface area (Å²) in [4.78, 5) is 28.4. The first-order valence-electron chi connectivity index (χ1n) is 6.33. The first kappa shape index (κ1) is 23.7. The summed E-state index contributed by atoms with van der Waals surface area (Å²) >= 11 is 0. The minimum absolute atomic E-state index is 0. The molecule has 0 bridgehead atoms. The zero-order chi connectivity index (χ0) is 17.5. The van der Waals surface area contributed by atoms with Crippen LogP contribution in [0.3, 0.4) is 0 Å². The van der Waals surface area contributed by atoms with E-state index >= 15 is 0 Å². The van der Waals surface area contributed by atoms with Crippen LogP contribution >= 0.6 is 0 Å². The van der Waals surface area contributed by atoms with Gasteiger partial charge in [0.25, 0.3) is 0 Å². The van der Waals surface area contributed by atoms with Crippen LogP contribution in [0, 0.1) is 11.8 Å². The number of anilines is 2. The van der Waals surface area contributed by atoms with Gasteiger partial charge in [-0.25, -0.2) is 9.97 Å². The van der Waals surface area contributed by atoms with Crippen molar-refractivity contribution in [3.63, 3.8) is 0 Å². The predicted octanol–water partition coefficient (Wildman–Crippen LogP) is 0.883. The van der Waals surface area contributed by atoms with Crippen LogP contribution in [0.2, 0.25) is 0 Å². The molecule has 0 saturated carbocycles. The molecule has 3 rings (SSSR count). The van der Waals surface area contributed by atoms with E-state index in [1.165, 1.54) is 0 Å². The van der Waals surface area contributed by atoms with Gasteiger partial charge in [-0.15, -0.1) is 0 Å². The molecular weight excluding hydrogens is 485 g/mol. The number of hydrogen-bond acceptors (Lipinski definition) is 7. The minimum Gasteiger partial charge on any atom is -0.545 e. The van der Waals surface area contributed by atoms with Gasteiger partial charge in [0.15, 0.2) is 0 Å². The average Bonchev–Trinajstić information content (AvgIpc) is 3.18. The van der Waals surface area contributed by atoms with Gasteiger partial charge in [0.2, 0.25) is 0 Å². The molecule has 0 atom stereocenters. The molecule has 1 aliphatic rings. The molecule has 7 nitrogen and oxygen atoms in total. The van der Waals surface area contributed by atoms with Crippen LogP contribution < -0.4 is 9.62 Å². The summed E-state index contributed by atoms with van der Waals surface area (Å²) in [5.41, 5.74) is 0. The number of nitrogens with zero attached hydrogens (tertiary/aromatic N) is 5. The quantitative estimate of drug-likeness (QED) is 0.345. The molecule has 1 fully saturated rings. The van der Waals surface area contributed by atoms with Crippen LogP contribution in [0.1, 0.15) is 0 Å². The molecule has 2 aromatic heterocycles. The standard InChI is InChI=1S/C12H12BN4.CN.2CHO.Ir/c1-3-7-14-11(5-1)16-9-10-17(13-16)12-6-2-4-8-15-12;3*1-2;/h1-8H,9-10H2;;2*1H;/q;3*-1;+3. The number of aromatic nitrogens is 2. The fraction of sp³-hybridized carbons (Fsp3) is 0.133. The Morgan fingerprint density at radius 3 is 1.54 bits per heavy atom. The van der Waals surface area contributed by atoms with Gasteiger partial charge >= 0.3 is 27.7 Å². The van der Waals surface area contributed by atoms with Gasteiger partial charge in [-0.2, -0.15) is 0 Å². The van der Waals surface area contributed by atoms with E-state index in [9.17, 15) is 0 Å². The van der Waals surface area contributed by atoms with Crippen molar-refractivity contribution in [3.8, 4) is 0 Å². The van der Waals surface area contributed by atoms with Crippen LogP contribution in [0.5, 0.6) is 0 Å². The zero-order valence-corrected chi connectivity index (χ0v) is 15.0. The summed E-state index contributed by atoms with van der Waals surface area (Å²) in [5.74, 6) is 1.96. The molecule has 0 spiro atoms. The van der Waals surface area contributed by atoms with Crippen LogP contribution in [-0.2, 0) is 29.7 Å². The Labute approximate surface area is 156 Å². The Morgan fingerprint density at radius 2 is 1.25 bits per heavy atom. The fourth-order valence-corrected chi connectivity index (χ4v) is 1.89. The van der Waals surface area contributed by atoms with Crippen LogP contribution in [0.4, 0.5) is 11.6 Å². The fourth-order valence-electron chi connectivity index (χ4n) is 1.89. The molecule has 24 heavy (non-hydrogen) atoms. The van der Waals surface area contributed by atoms with E-state index in [2.05, 4.69) is 40.7 Å². The summed E-state index contributed by atoms with van der Waals surface area (Å²) in [6.07, 6.45) is 3.62. The van der Waals surface area contributed by atoms with Gasteiger partial charge in [0.1, 0.15) is 11.6 Å². The normalized spacial score (nSPS) is 10.9. The van der Waals surface area contributed by atoms with Crippen molar-refractivity contribution in [3.05, 3.63) is 55.4 Å². The molecule has 0 unspecified atom stereocenters. The summed E-state index contributed by atoms with van der Waals surface area (Å²) in [6.45, 7) is 13.1. The molecule has 123 valence electrons. The van der Waals surface area contributed by atoms with Crippen LogP contribution in [-0.4, -0.2) is 44.2 Å². The third-order valence-electron chi connectivity index (χ3n) is 2.75. The van der Waals surface area contributed by atoms with E-state index in [0.717, 1.165) is 24.7 Å². The molecule has 3 heterocycles. The Kier molecular flexibility index (Phi) is 15.2. The SMILES string of the molecule is [B]1N(c2ccccn2)CCN1c1ccccn1.[C-]#N.[CH-]=O.[CH-]=O.[Ir+3]. The van der Waals surface area contributed by atoms with E-state index in [1.54, 1.807) is 0 Å². The number of pyridine rings is 2. The molecule has 1 saturated heterocycles. The molecule has 9 heteroatoms. The van der Waals surface area contributed by atoms with Gasteiger partial charge < -0.3 is 31.0 Å². The summed E-state index contributed by atoms with van der Waals surface area (Å²) in [5, 5.41) is 6.25. The van der Waals surface area contributed by atoms with Gasteiger partial charge in [0.05, 0.1) is 0 Å². The third kappa shape index (κ3) is 7.14. The molecule has 0 aromatic carbocycles. The van der Waals surface area contributed by atoms with Crippen molar-refractivity contribution in [2.24, 2.45) is 0 Å². The molecule has 1 radical (unpaired) electrons. The maximum Gasteiger partial charge on any atom is 3.00 e. The molecule has 2 aromatic rings. The van der Waals surface area contributed by atoms with Gasteiger partial charge in [-0.3, -0.25) is 13.6 Å². The second kappa shape index (κ2) is 15.3. The largest absolute Gasteiger partial charge is 3.00 e. The van der Waals surface area contributed by atoms with Crippen LogP contribution in [0.15, 0.2) is 48.8 Å². The van der Waals surface area contributed by atoms with Crippen LogP contribution in [0.25, 0.3) is 0 Å². The van der Waals surface area contributed by atoms with Crippen molar-refractivity contribution in [1.82, 2.24) is 9.97 Å². The Balaban J connectivity index is 0. The van der Waals surface area contributed by atoms with E-state index in [-0.39, 0.29) is 20.1 Å². The first-order valence-corrected chi connectivity index (χ1v) is 6.33. The smallest absolute Gasteiger partial charge is 0.545 e. The van der Waals surface area contributed by atoms with E-state index in [4.69, 9.17) is 21.4 Å². The molecule has 1 aliphatic heterocycles. The van der Waals surface area contributed by atoms with E-state index in [0.29, 0.717) is 0 Å². The topological polar surface area (TPSA) is 90.2 Å². The molecular formula is C15H14BIrN5O2. The molecule has 0 aliphatic carbocycles. The minimum atomic E-state index is 0. The maximum absolute atomic E-state index is 7.75. The summed E-state index contributed by atoms with van der Waals surface area (Å²) in [6, 6.07) is 11.9. The van der Waals surface area contributed by atoms with Crippen molar-refractivity contribution >= 4 is 32.8 Å². The predicted molar refractivity (Wildman–Crippen MR) is 87.4 cm³/mol. The maximum atomic E-state index is 7.75. The first-order chi connectivity index (χ1) is 11.4. The molecule has 0 N–H and O–H groups in total. The van der Waals surface area contributed by atoms with Gasteiger partial charge in [0, 0.05) is 25.5 Å². The number of hydrogen-bond donors (Lipinski definition) is 0. The zero-order valence-electron chi connectivity index (χ0n) is 12.7. The van der Waals surface area contributed by atoms with Gasteiger partial charge in [-0.1, -0.05) is 12.1 Å². The van der Waals surface area contributed by atoms with Crippen molar-refractivity contribution in [2.45, 2.75) is 0 Å². The molecule has 0 amide bonds. The Hall–Kier alpha value is -2.56. The van der Waals surface area contributed by atoms with Crippen molar-refractivity contribution in [1.29, 1.82) is 5.26 Å². The number of carbonyl (C=O) groups excluding carboxylic acids is 2. The monoisotopic (exact) mass is 500 g/mol. The Morgan fingerprint density at radius 1 is 0.875 bits per heavy atom. The van der Waals surface area contributed by atoms with E-state index in [1.807, 2.05) is 48.8 Å².